The van der Waals surface area contributed by atoms with E-state index in [1.54, 1.807) is 6.07 Å². The number of halogens is 2. The van der Waals surface area contributed by atoms with E-state index in [1.165, 1.54) is 17.0 Å². The number of carbonyl (C=O) groups excluding carboxylic acids is 1. The number of amidine groups is 1. The normalized spacial score (nSPS) is 17.5. The first-order valence-electron chi connectivity index (χ1n) is 7.90. The molecule has 1 heterocycles. The number of carbonyl (C=O) groups is 1. The van der Waals surface area contributed by atoms with Gasteiger partial charge in [-0.15, -0.1) is 0 Å². The molecule has 0 spiro atoms. The van der Waals surface area contributed by atoms with Crippen molar-refractivity contribution in [1.82, 2.24) is 9.80 Å². The lowest BCUT2D eigenvalue weighted by molar-refractivity contribution is -0.115. The Morgan fingerprint density at radius 2 is 2.29 bits per heavy atom. The van der Waals surface area contributed by atoms with Crippen LogP contribution >= 0.6 is 11.6 Å². The van der Waals surface area contributed by atoms with Gasteiger partial charge in [-0.3, -0.25) is 15.1 Å². The summed E-state index contributed by atoms with van der Waals surface area (Å²) in [7, 11) is 0. The van der Waals surface area contributed by atoms with Gasteiger partial charge >= 0.3 is 0 Å². The van der Waals surface area contributed by atoms with E-state index in [4.69, 9.17) is 21.7 Å². The van der Waals surface area contributed by atoms with E-state index in [0.717, 1.165) is 6.54 Å². The van der Waals surface area contributed by atoms with Crippen molar-refractivity contribution in [3.63, 3.8) is 0 Å². The van der Waals surface area contributed by atoms with E-state index in [2.05, 4.69) is 18.7 Å². The van der Waals surface area contributed by atoms with E-state index >= 15 is 0 Å². The second kappa shape index (κ2) is 8.05. The topological polar surface area (TPSA) is 56.6 Å². The average molecular weight is 356 g/mol. The predicted molar refractivity (Wildman–Crippen MR) is 92.1 cm³/mol. The van der Waals surface area contributed by atoms with Crippen LogP contribution in [0.15, 0.2) is 18.2 Å². The van der Waals surface area contributed by atoms with Gasteiger partial charge in [0, 0.05) is 42.2 Å². The van der Waals surface area contributed by atoms with Crippen LogP contribution in [0.4, 0.5) is 4.39 Å². The zero-order valence-electron chi connectivity index (χ0n) is 14.0. The van der Waals surface area contributed by atoms with Gasteiger partial charge in [0.1, 0.15) is 11.7 Å². The molecule has 1 amide bonds. The number of nitrogens with one attached hydrogen (secondary N) is 1. The molecule has 1 N–H and O–H groups in total. The van der Waals surface area contributed by atoms with Crippen molar-refractivity contribution in [3.05, 3.63) is 34.6 Å². The van der Waals surface area contributed by atoms with Crippen molar-refractivity contribution < 1.29 is 13.9 Å². The summed E-state index contributed by atoms with van der Waals surface area (Å²) in [5.74, 6) is -0.435. The van der Waals surface area contributed by atoms with E-state index in [9.17, 15) is 9.18 Å². The van der Waals surface area contributed by atoms with E-state index < -0.39 is 5.82 Å². The molecule has 5 nitrogen and oxygen atoms in total. The van der Waals surface area contributed by atoms with Gasteiger partial charge in [0.25, 0.3) is 0 Å². The van der Waals surface area contributed by atoms with Crippen LogP contribution in [0, 0.1) is 11.2 Å². The fourth-order valence-electron chi connectivity index (χ4n) is 2.76. The quantitative estimate of drug-likeness (QED) is 0.485. The molecular formula is C17H23ClFN3O2. The van der Waals surface area contributed by atoms with Crippen LogP contribution in [-0.2, 0) is 16.0 Å². The molecule has 1 aliphatic rings. The lowest BCUT2D eigenvalue weighted by Crippen LogP contribution is -2.55. The Balaban J connectivity index is 1.98. The fraction of sp³-hybridized carbons (Fsp3) is 0.529. The van der Waals surface area contributed by atoms with Gasteiger partial charge in [0.2, 0.25) is 6.41 Å². The number of amides is 1. The highest BCUT2D eigenvalue weighted by Gasteiger charge is 2.30. The fourth-order valence-corrected chi connectivity index (χ4v) is 2.98. The minimum absolute atomic E-state index is 0.0171. The van der Waals surface area contributed by atoms with Crippen LogP contribution in [0.5, 0.6) is 0 Å². The smallest absolute Gasteiger partial charge is 0.215 e. The van der Waals surface area contributed by atoms with Gasteiger partial charge in [-0.1, -0.05) is 17.7 Å². The zero-order chi connectivity index (χ0) is 17.7. The Morgan fingerprint density at radius 1 is 1.54 bits per heavy atom. The summed E-state index contributed by atoms with van der Waals surface area (Å²) in [5, 5.41) is 8.38. The van der Waals surface area contributed by atoms with Crippen molar-refractivity contribution in [2.24, 2.45) is 0 Å². The second-order valence-electron chi connectivity index (χ2n) is 6.47. The minimum atomic E-state index is -0.465. The third kappa shape index (κ3) is 4.53. The Hall–Kier alpha value is -1.50. The first-order chi connectivity index (χ1) is 11.3. The number of hydrogen-bond acceptors (Lipinski definition) is 4. The first-order valence-corrected chi connectivity index (χ1v) is 8.28. The van der Waals surface area contributed by atoms with Crippen LogP contribution in [0.1, 0.15) is 19.4 Å². The molecule has 0 saturated carbocycles. The number of rotatable bonds is 6. The summed E-state index contributed by atoms with van der Waals surface area (Å²) in [6, 6.07) is 4.40. The molecule has 1 fully saturated rings. The van der Waals surface area contributed by atoms with Crippen LogP contribution < -0.4 is 0 Å². The van der Waals surface area contributed by atoms with E-state index in [0.29, 0.717) is 32.7 Å². The van der Waals surface area contributed by atoms with Crippen molar-refractivity contribution in [2.75, 3.05) is 32.8 Å². The van der Waals surface area contributed by atoms with Crippen molar-refractivity contribution >= 4 is 23.8 Å². The van der Waals surface area contributed by atoms with Crippen LogP contribution in [-0.4, -0.2) is 60.4 Å². The largest absolute Gasteiger partial charge is 0.378 e. The molecule has 1 saturated heterocycles. The molecule has 7 heteroatoms. The Kier molecular flexibility index (Phi) is 6.32. The molecule has 1 aliphatic heterocycles. The molecular weight excluding hydrogens is 333 g/mol. The summed E-state index contributed by atoms with van der Waals surface area (Å²) in [6.45, 7) is 7.25. The van der Waals surface area contributed by atoms with Gasteiger partial charge in [-0.2, -0.15) is 0 Å². The Labute approximate surface area is 146 Å². The van der Waals surface area contributed by atoms with Crippen LogP contribution in [0.2, 0.25) is 5.02 Å². The third-order valence-electron chi connectivity index (χ3n) is 4.31. The van der Waals surface area contributed by atoms with Crippen LogP contribution in [0.3, 0.4) is 0 Å². The van der Waals surface area contributed by atoms with Crippen molar-refractivity contribution in [1.29, 1.82) is 5.41 Å². The highest BCUT2D eigenvalue weighted by atomic mass is 35.5. The second-order valence-corrected chi connectivity index (χ2v) is 6.88. The highest BCUT2D eigenvalue weighted by Crippen LogP contribution is 2.21. The van der Waals surface area contributed by atoms with E-state index in [1.807, 2.05) is 0 Å². The zero-order valence-corrected chi connectivity index (χ0v) is 14.8. The molecule has 132 valence electrons. The summed E-state index contributed by atoms with van der Waals surface area (Å²) in [5.41, 5.74) is 0.131. The standard InChI is InChI=1S/C17H23ClFN3O2/c1-17(2)11-24-9-8-22(17)7-6-21(12-23)16(20)10-13-14(18)4-3-5-15(13)19/h3-5,12,20H,6-11H2,1-2H3. The Bertz CT molecular complexity index is 589. The SMILES string of the molecule is CC1(C)COCCN1CCN(C=O)C(=N)Cc1c(F)cccc1Cl. The van der Waals surface area contributed by atoms with Gasteiger partial charge in [-0.25, -0.2) is 4.39 Å². The number of benzene rings is 1. The number of morpholine rings is 1. The number of ether oxygens (including phenoxy) is 1. The maximum atomic E-state index is 13.8. The number of nitrogens with zero attached hydrogens (tertiary/aromatic N) is 2. The monoisotopic (exact) mass is 355 g/mol. The molecule has 0 bridgehead atoms. The third-order valence-corrected chi connectivity index (χ3v) is 4.66. The molecule has 2 rings (SSSR count). The molecule has 1 aromatic carbocycles. The molecule has 0 radical (unpaired) electrons. The molecule has 0 unspecified atom stereocenters. The van der Waals surface area contributed by atoms with Gasteiger partial charge < -0.3 is 9.64 Å². The molecule has 0 atom stereocenters. The maximum Gasteiger partial charge on any atom is 0.215 e. The molecule has 24 heavy (non-hydrogen) atoms. The van der Waals surface area contributed by atoms with Gasteiger partial charge in [-0.05, 0) is 26.0 Å². The summed E-state index contributed by atoms with van der Waals surface area (Å²) >= 11 is 5.99. The summed E-state index contributed by atoms with van der Waals surface area (Å²) < 4.78 is 19.3. The summed E-state index contributed by atoms with van der Waals surface area (Å²) in [6.07, 6.45) is 0.598. The average Bonchev–Trinajstić information content (AvgIpc) is 2.52. The minimum Gasteiger partial charge on any atom is -0.378 e. The van der Waals surface area contributed by atoms with Gasteiger partial charge in [0.15, 0.2) is 0 Å². The number of hydrogen-bond donors (Lipinski definition) is 1. The van der Waals surface area contributed by atoms with Crippen molar-refractivity contribution in [2.45, 2.75) is 25.8 Å². The lowest BCUT2D eigenvalue weighted by Gasteiger charge is -2.42. The van der Waals surface area contributed by atoms with Gasteiger partial charge in [0.05, 0.1) is 13.2 Å². The van der Waals surface area contributed by atoms with Crippen molar-refractivity contribution in [3.8, 4) is 0 Å². The Morgan fingerprint density at radius 3 is 2.92 bits per heavy atom. The first kappa shape index (κ1) is 18.8. The predicted octanol–water partition coefficient (Wildman–Crippen LogP) is 2.57. The molecule has 1 aromatic rings. The summed E-state index contributed by atoms with van der Waals surface area (Å²) in [4.78, 5) is 14.9. The highest BCUT2D eigenvalue weighted by molar-refractivity contribution is 6.31. The molecule has 0 aliphatic carbocycles. The van der Waals surface area contributed by atoms with Crippen LogP contribution in [0.25, 0.3) is 0 Å². The maximum absolute atomic E-state index is 13.8. The molecule has 0 aromatic heterocycles. The van der Waals surface area contributed by atoms with E-state index in [-0.39, 0.29) is 28.4 Å². The lowest BCUT2D eigenvalue weighted by atomic mass is 10.0.